The predicted octanol–water partition coefficient (Wildman–Crippen LogP) is 1.42. The van der Waals surface area contributed by atoms with Crippen LogP contribution in [0.4, 0.5) is 4.79 Å². The second-order valence-electron chi connectivity index (χ2n) is 7.63. The number of aromatic nitrogens is 1. The first-order valence-corrected chi connectivity index (χ1v) is 9.91. The fourth-order valence-corrected chi connectivity index (χ4v) is 3.81. The van der Waals surface area contributed by atoms with Gasteiger partial charge >= 0.3 is 11.9 Å². The van der Waals surface area contributed by atoms with Crippen molar-refractivity contribution in [3.05, 3.63) is 68.9 Å². The zero-order valence-corrected chi connectivity index (χ0v) is 17.7. The summed E-state index contributed by atoms with van der Waals surface area (Å²) in [4.78, 5) is 61.4. The number of ether oxygens (including phenoxy) is 1. The SMILES string of the molecule is COc1ccc2c(c1)C(=O)N(C)C2.O=NC(=O)c1cnc2c(c1)C=C(C1NC(=O)NC1=O)C2. The number of amides is 5. The van der Waals surface area contributed by atoms with Crippen LogP contribution < -0.4 is 15.4 Å². The number of fused-ring (bicyclic) bond motifs is 2. The third-order valence-corrected chi connectivity index (χ3v) is 5.49. The molecule has 0 bridgehead atoms. The normalized spacial score (nSPS) is 17.9. The molecular formula is C22H19N5O6. The summed E-state index contributed by atoms with van der Waals surface area (Å²) >= 11 is 0. The smallest absolute Gasteiger partial charge is 0.322 e. The Morgan fingerprint density at radius 1 is 1.24 bits per heavy atom. The molecule has 1 aliphatic carbocycles. The van der Waals surface area contributed by atoms with Gasteiger partial charge in [0.15, 0.2) is 0 Å². The third-order valence-electron chi connectivity index (χ3n) is 5.49. The van der Waals surface area contributed by atoms with Gasteiger partial charge < -0.3 is 15.0 Å². The first-order valence-electron chi connectivity index (χ1n) is 9.91. The van der Waals surface area contributed by atoms with Gasteiger partial charge in [-0.1, -0.05) is 12.1 Å². The summed E-state index contributed by atoms with van der Waals surface area (Å²) in [7, 11) is 3.40. The Hall–Kier alpha value is -4.41. The van der Waals surface area contributed by atoms with Crippen molar-refractivity contribution in [3.8, 4) is 5.75 Å². The number of urea groups is 1. The van der Waals surface area contributed by atoms with Gasteiger partial charge in [-0.25, -0.2) is 4.79 Å². The lowest BCUT2D eigenvalue weighted by molar-refractivity contribution is -0.119. The molecule has 2 N–H and O–H groups in total. The number of nitrogens with one attached hydrogen (secondary N) is 2. The molecule has 1 saturated heterocycles. The van der Waals surface area contributed by atoms with Crippen LogP contribution in [0.3, 0.4) is 0 Å². The van der Waals surface area contributed by atoms with Gasteiger partial charge in [-0.15, -0.1) is 4.91 Å². The maximum absolute atomic E-state index is 11.6. The van der Waals surface area contributed by atoms with Crippen LogP contribution >= 0.6 is 0 Å². The largest absolute Gasteiger partial charge is 0.497 e. The summed E-state index contributed by atoms with van der Waals surface area (Å²) in [6.45, 7) is 0.707. The fraction of sp³-hybridized carbons (Fsp3) is 0.227. The van der Waals surface area contributed by atoms with Crippen molar-refractivity contribution < 1.29 is 23.9 Å². The minimum Gasteiger partial charge on any atom is -0.497 e. The summed E-state index contributed by atoms with van der Waals surface area (Å²) in [5.74, 6) is -0.495. The average Bonchev–Trinajstić information content (AvgIpc) is 3.47. The molecule has 2 aromatic rings. The van der Waals surface area contributed by atoms with E-state index < -0.39 is 23.9 Å². The molecule has 11 heteroatoms. The van der Waals surface area contributed by atoms with Crippen LogP contribution in [0.15, 0.2) is 41.2 Å². The number of rotatable bonds is 3. The molecule has 5 rings (SSSR count). The highest BCUT2D eigenvalue weighted by atomic mass is 16.5. The van der Waals surface area contributed by atoms with E-state index in [4.69, 9.17) is 4.74 Å². The van der Waals surface area contributed by atoms with Crippen LogP contribution in [0, 0.1) is 4.91 Å². The zero-order valence-electron chi connectivity index (χ0n) is 17.7. The standard InChI is InChI=1S/C12H8N4O4.C10H11NO2/c17-10(16-20)7-2-5-1-6(3-8(5)13-4-7)9-11(18)15-12(19)14-9;1-11-6-7-3-4-8(13-2)5-9(7)10(11)12/h1-2,4,9H,3H2,(H2,14,15,18,19);3-5H,6H2,1-2H3. The molecule has 1 atom stereocenters. The van der Waals surface area contributed by atoms with E-state index in [1.54, 1.807) is 31.2 Å². The van der Waals surface area contributed by atoms with Crippen molar-refractivity contribution in [1.29, 1.82) is 0 Å². The molecule has 168 valence electrons. The van der Waals surface area contributed by atoms with Gasteiger partial charge in [0.2, 0.25) is 0 Å². The lowest BCUT2D eigenvalue weighted by Gasteiger charge is -2.07. The summed E-state index contributed by atoms with van der Waals surface area (Å²) in [6.07, 6.45) is 3.35. The van der Waals surface area contributed by atoms with Gasteiger partial charge in [-0.3, -0.25) is 24.7 Å². The highest BCUT2D eigenvalue weighted by Crippen LogP contribution is 2.27. The molecule has 5 amide bonds. The number of nitrogens with zero attached hydrogens (tertiary/aromatic N) is 3. The summed E-state index contributed by atoms with van der Waals surface area (Å²) < 4.78 is 5.05. The number of carbonyl (C=O) groups is 4. The quantitative estimate of drug-likeness (QED) is 0.532. The summed E-state index contributed by atoms with van der Waals surface area (Å²) in [5.41, 5.74) is 3.94. The van der Waals surface area contributed by atoms with Crippen LogP contribution in [0.1, 0.15) is 37.5 Å². The van der Waals surface area contributed by atoms with Gasteiger partial charge in [0.25, 0.3) is 11.8 Å². The minimum atomic E-state index is -0.894. The molecule has 1 fully saturated rings. The minimum absolute atomic E-state index is 0.0777. The lowest BCUT2D eigenvalue weighted by Crippen LogP contribution is -2.31. The Bertz CT molecular complexity index is 1240. The number of hydrogen-bond donors (Lipinski definition) is 2. The number of imide groups is 1. The molecule has 1 unspecified atom stereocenters. The Morgan fingerprint density at radius 3 is 2.70 bits per heavy atom. The Labute approximate surface area is 187 Å². The van der Waals surface area contributed by atoms with Crippen LogP contribution in [0.2, 0.25) is 0 Å². The first kappa shape index (κ1) is 21.8. The van der Waals surface area contributed by atoms with Crippen molar-refractivity contribution in [1.82, 2.24) is 20.5 Å². The van der Waals surface area contributed by atoms with Crippen molar-refractivity contribution in [2.45, 2.75) is 19.0 Å². The molecule has 2 aliphatic heterocycles. The number of pyridine rings is 1. The van der Waals surface area contributed by atoms with Crippen LogP contribution in [-0.4, -0.2) is 53.8 Å². The number of methoxy groups -OCH3 is 1. The molecular weight excluding hydrogens is 430 g/mol. The van der Waals surface area contributed by atoms with E-state index in [2.05, 4.69) is 20.8 Å². The molecule has 1 aromatic heterocycles. The highest BCUT2D eigenvalue weighted by molar-refractivity contribution is 6.06. The first-order chi connectivity index (χ1) is 15.8. The van der Waals surface area contributed by atoms with Gasteiger partial charge in [0.1, 0.15) is 11.8 Å². The van der Waals surface area contributed by atoms with E-state index in [0.717, 1.165) is 16.9 Å². The second kappa shape index (κ2) is 8.61. The van der Waals surface area contributed by atoms with E-state index in [-0.39, 0.29) is 11.5 Å². The molecule has 3 heterocycles. The van der Waals surface area contributed by atoms with E-state index in [9.17, 15) is 24.1 Å². The van der Waals surface area contributed by atoms with Crippen molar-refractivity contribution in [2.75, 3.05) is 14.2 Å². The van der Waals surface area contributed by atoms with E-state index in [1.807, 2.05) is 12.1 Å². The highest BCUT2D eigenvalue weighted by Gasteiger charge is 2.34. The van der Waals surface area contributed by atoms with Gasteiger partial charge in [-0.2, -0.15) is 0 Å². The number of benzene rings is 1. The maximum Gasteiger partial charge on any atom is 0.322 e. The lowest BCUT2D eigenvalue weighted by atomic mass is 10.1. The Morgan fingerprint density at radius 2 is 2.03 bits per heavy atom. The van der Waals surface area contributed by atoms with Crippen molar-refractivity contribution in [2.24, 2.45) is 5.18 Å². The van der Waals surface area contributed by atoms with Crippen LogP contribution in [0.25, 0.3) is 6.08 Å². The molecule has 0 saturated carbocycles. The van der Waals surface area contributed by atoms with Crippen LogP contribution in [0.5, 0.6) is 5.75 Å². The van der Waals surface area contributed by atoms with Crippen LogP contribution in [-0.2, 0) is 17.8 Å². The van der Waals surface area contributed by atoms with E-state index in [1.165, 1.54) is 12.3 Å². The molecule has 0 spiro atoms. The number of hydrogen-bond acceptors (Lipinski definition) is 7. The molecule has 3 aliphatic rings. The molecule has 1 aromatic carbocycles. The maximum atomic E-state index is 11.6. The predicted molar refractivity (Wildman–Crippen MR) is 115 cm³/mol. The molecule has 33 heavy (non-hydrogen) atoms. The second-order valence-corrected chi connectivity index (χ2v) is 7.63. The van der Waals surface area contributed by atoms with E-state index >= 15 is 0 Å². The third kappa shape index (κ3) is 4.20. The fourth-order valence-electron chi connectivity index (χ4n) is 3.81. The zero-order chi connectivity index (χ0) is 23.7. The molecule has 11 nitrogen and oxygen atoms in total. The number of nitroso groups, excluding NO2 is 1. The molecule has 0 radical (unpaired) electrons. The summed E-state index contributed by atoms with van der Waals surface area (Å²) in [6, 6.07) is 5.85. The number of carbonyl (C=O) groups excluding carboxylic acids is 4. The Kier molecular flexibility index (Phi) is 5.69. The van der Waals surface area contributed by atoms with E-state index in [0.29, 0.717) is 29.8 Å². The monoisotopic (exact) mass is 449 g/mol. The van der Waals surface area contributed by atoms with Gasteiger partial charge in [0.05, 0.1) is 18.4 Å². The van der Waals surface area contributed by atoms with Crippen molar-refractivity contribution >= 4 is 29.8 Å². The van der Waals surface area contributed by atoms with Gasteiger partial charge in [0, 0.05) is 37.0 Å². The van der Waals surface area contributed by atoms with Gasteiger partial charge in [-0.05, 0) is 34.9 Å². The van der Waals surface area contributed by atoms with Crippen molar-refractivity contribution in [3.63, 3.8) is 0 Å². The Balaban J connectivity index is 0.000000172. The summed E-state index contributed by atoms with van der Waals surface area (Å²) in [5, 5.41) is 6.98. The average molecular weight is 449 g/mol. The topological polar surface area (TPSA) is 147 Å².